The summed E-state index contributed by atoms with van der Waals surface area (Å²) in [5.74, 6) is 1.15. The van der Waals surface area contributed by atoms with Gasteiger partial charge in [0.25, 0.3) is 0 Å². The second kappa shape index (κ2) is 10.7. The molecule has 0 radical (unpaired) electrons. The van der Waals surface area contributed by atoms with E-state index in [0.29, 0.717) is 29.6 Å². The summed E-state index contributed by atoms with van der Waals surface area (Å²) in [5.41, 5.74) is 1.23. The quantitative estimate of drug-likeness (QED) is 0.274. The van der Waals surface area contributed by atoms with Gasteiger partial charge in [0, 0.05) is 5.41 Å². The molecule has 0 amide bonds. The molecule has 10 atom stereocenters. The molecular formula is C38H52O6. The second-order valence-corrected chi connectivity index (χ2v) is 16.3. The molecule has 4 saturated carbocycles. The Morgan fingerprint density at radius 3 is 2.25 bits per heavy atom. The molecule has 4 fully saturated rings. The number of methoxy groups -OCH3 is 1. The summed E-state index contributed by atoms with van der Waals surface area (Å²) in [7, 11) is 1.57. The highest BCUT2D eigenvalue weighted by Gasteiger charge is 2.66. The molecule has 0 aromatic heterocycles. The van der Waals surface area contributed by atoms with Crippen LogP contribution < -0.4 is 0 Å². The van der Waals surface area contributed by atoms with Crippen molar-refractivity contribution in [1.82, 2.24) is 0 Å². The van der Waals surface area contributed by atoms with E-state index in [-0.39, 0.29) is 50.8 Å². The van der Waals surface area contributed by atoms with Crippen LogP contribution in [0.2, 0.25) is 0 Å². The summed E-state index contributed by atoms with van der Waals surface area (Å²) < 4.78 is 11.7. The second-order valence-electron chi connectivity index (χ2n) is 16.3. The Morgan fingerprint density at radius 2 is 1.57 bits per heavy atom. The number of rotatable bonds is 4. The average Bonchev–Trinajstić information content (AvgIpc) is 2.99. The van der Waals surface area contributed by atoms with Crippen LogP contribution >= 0.6 is 0 Å². The molecule has 240 valence electrons. The third kappa shape index (κ3) is 4.35. The molecule has 0 spiro atoms. The highest BCUT2D eigenvalue weighted by Crippen LogP contribution is 2.71. The van der Waals surface area contributed by atoms with Gasteiger partial charge in [-0.3, -0.25) is 4.79 Å². The van der Waals surface area contributed by atoms with Gasteiger partial charge in [0.2, 0.25) is 0 Å². The number of carbonyl (C=O) groups excluding carboxylic acids is 2. The molecule has 44 heavy (non-hydrogen) atoms. The van der Waals surface area contributed by atoms with Gasteiger partial charge in [0.05, 0.1) is 23.7 Å². The zero-order valence-corrected chi connectivity index (χ0v) is 27.8. The van der Waals surface area contributed by atoms with E-state index in [0.717, 1.165) is 57.8 Å². The zero-order valence-electron chi connectivity index (χ0n) is 27.8. The minimum absolute atomic E-state index is 0.00240. The number of carboxylic acid groups (broad SMARTS) is 1. The van der Waals surface area contributed by atoms with Crippen molar-refractivity contribution in [3.63, 3.8) is 0 Å². The van der Waals surface area contributed by atoms with Gasteiger partial charge in [-0.2, -0.15) is 0 Å². The van der Waals surface area contributed by atoms with Crippen molar-refractivity contribution in [2.45, 2.75) is 105 Å². The van der Waals surface area contributed by atoms with Gasteiger partial charge >= 0.3 is 17.9 Å². The fourth-order valence-corrected chi connectivity index (χ4v) is 11.8. The number of benzene rings is 1. The first-order valence-corrected chi connectivity index (χ1v) is 17.0. The smallest absolute Gasteiger partial charge is 0.339 e. The van der Waals surface area contributed by atoms with Crippen LogP contribution in [0.1, 0.15) is 120 Å². The maximum Gasteiger partial charge on any atom is 0.339 e. The number of carboxylic acids is 1. The van der Waals surface area contributed by atoms with E-state index in [1.807, 2.05) is 0 Å². The van der Waals surface area contributed by atoms with E-state index in [4.69, 9.17) is 9.47 Å². The largest absolute Gasteiger partial charge is 0.478 e. The number of esters is 2. The van der Waals surface area contributed by atoms with E-state index in [9.17, 15) is 19.5 Å². The Bertz CT molecular complexity index is 1380. The molecule has 1 aromatic carbocycles. The lowest BCUT2D eigenvalue weighted by molar-refractivity contribution is -0.180. The van der Waals surface area contributed by atoms with E-state index in [1.165, 1.54) is 6.07 Å². The molecule has 0 heterocycles. The molecule has 5 aliphatic rings. The molecule has 6 nitrogen and oxygen atoms in total. The molecule has 6 heteroatoms. The van der Waals surface area contributed by atoms with E-state index >= 15 is 0 Å². The van der Waals surface area contributed by atoms with Gasteiger partial charge in [0.1, 0.15) is 6.10 Å². The first-order chi connectivity index (χ1) is 20.7. The van der Waals surface area contributed by atoms with Crippen LogP contribution in [-0.2, 0) is 14.3 Å². The van der Waals surface area contributed by atoms with Crippen molar-refractivity contribution in [3.8, 4) is 0 Å². The Balaban J connectivity index is 1.29. The molecular weight excluding hydrogens is 552 g/mol. The maximum absolute atomic E-state index is 13.5. The van der Waals surface area contributed by atoms with Crippen LogP contribution in [0.4, 0.5) is 0 Å². The first-order valence-electron chi connectivity index (χ1n) is 17.0. The third-order valence-corrected chi connectivity index (χ3v) is 14.3. The molecule has 5 aliphatic carbocycles. The van der Waals surface area contributed by atoms with Gasteiger partial charge in [0.15, 0.2) is 0 Å². The predicted molar refractivity (Wildman–Crippen MR) is 169 cm³/mol. The van der Waals surface area contributed by atoms with Crippen molar-refractivity contribution in [1.29, 1.82) is 0 Å². The number of carbonyl (C=O) groups is 3. The van der Waals surface area contributed by atoms with Crippen molar-refractivity contribution >= 4 is 17.9 Å². The lowest BCUT2D eigenvalue weighted by atomic mass is 9.37. The average molecular weight is 605 g/mol. The van der Waals surface area contributed by atoms with Gasteiger partial charge in [-0.05, 0) is 116 Å². The highest BCUT2D eigenvalue weighted by molar-refractivity contribution is 6.02. The molecule has 0 saturated heterocycles. The number of fused-ring (bicyclic) bond motifs is 7. The van der Waals surface area contributed by atoms with Crippen molar-refractivity contribution in [3.05, 3.63) is 47.0 Å². The lowest BCUT2D eigenvalue weighted by Crippen LogP contribution is -2.62. The number of aromatic carboxylic acids is 1. The molecule has 0 aliphatic heterocycles. The fourth-order valence-electron chi connectivity index (χ4n) is 11.8. The van der Waals surface area contributed by atoms with Gasteiger partial charge in [-0.25, -0.2) is 9.59 Å². The van der Waals surface area contributed by atoms with Gasteiger partial charge < -0.3 is 14.6 Å². The minimum atomic E-state index is -1.12. The summed E-state index contributed by atoms with van der Waals surface area (Å²) in [4.78, 5) is 38.6. The number of ether oxygens (including phenoxy) is 2. The monoisotopic (exact) mass is 604 g/mol. The van der Waals surface area contributed by atoms with E-state index < -0.39 is 11.9 Å². The zero-order chi connectivity index (χ0) is 31.8. The Kier molecular flexibility index (Phi) is 7.65. The molecule has 1 aromatic rings. The van der Waals surface area contributed by atoms with Crippen molar-refractivity contribution < 1.29 is 29.0 Å². The standard InChI is InChI=1S/C38H52O6/c1-22-16-19-38(34(42)43-7)21-20-36(5)26-14-15-29-35(3,4)30(44-33(41)25-11-9-8-10-24(25)32(39)40)17-18-37(29,6)27(26)12-13-28(36)31(38)23(22)2/h8-11,13,22-23,26-27,29-31H,12,14-21H2,1-7H3,(H,39,40)/t22-,23+,26?,27?,29?,30+,31+,36+,37-,38+/m1/s1. The van der Waals surface area contributed by atoms with Crippen LogP contribution in [0.5, 0.6) is 0 Å². The van der Waals surface area contributed by atoms with Crippen LogP contribution in [-0.4, -0.2) is 36.2 Å². The van der Waals surface area contributed by atoms with E-state index in [2.05, 4.69) is 47.6 Å². The summed E-state index contributed by atoms with van der Waals surface area (Å²) in [6, 6.07) is 6.34. The summed E-state index contributed by atoms with van der Waals surface area (Å²) >= 11 is 0. The summed E-state index contributed by atoms with van der Waals surface area (Å²) in [5, 5.41) is 9.63. The maximum atomic E-state index is 13.5. The van der Waals surface area contributed by atoms with Crippen LogP contribution in [0.25, 0.3) is 0 Å². The first kappa shape index (κ1) is 31.4. The summed E-state index contributed by atoms with van der Waals surface area (Å²) in [6.07, 6.45) is 11.3. The predicted octanol–water partition coefficient (Wildman–Crippen LogP) is 8.35. The number of hydrogen-bond donors (Lipinski definition) is 1. The molecule has 3 unspecified atom stereocenters. The topological polar surface area (TPSA) is 89.9 Å². The highest BCUT2D eigenvalue weighted by atomic mass is 16.5. The SMILES string of the molecule is COC(=O)[C@]12CC[C@@H](C)[C@H](C)[C@H]1C1=CCC3C(CCC4C(C)(C)[C@@H](OC(=O)c5ccccc5C(=O)O)CC[C@]34C)[C@]1(C)CC2. The third-order valence-electron chi connectivity index (χ3n) is 14.3. The molecule has 6 rings (SSSR count). The molecule has 1 N–H and O–H groups in total. The van der Waals surface area contributed by atoms with Crippen LogP contribution in [0.3, 0.4) is 0 Å². The van der Waals surface area contributed by atoms with Crippen LogP contribution in [0.15, 0.2) is 35.9 Å². The van der Waals surface area contributed by atoms with Gasteiger partial charge in [-0.15, -0.1) is 0 Å². The van der Waals surface area contributed by atoms with Crippen molar-refractivity contribution in [2.75, 3.05) is 7.11 Å². The van der Waals surface area contributed by atoms with Crippen LogP contribution in [0, 0.1) is 57.2 Å². The van der Waals surface area contributed by atoms with E-state index in [1.54, 1.807) is 30.9 Å². The lowest BCUT2D eigenvalue weighted by Gasteiger charge is -2.67. The van der Waals surface area contributed by atoms with Crippen molar-refractivity contribution in [2.24, 2.45) is 57.2 Å². The Hall–Kier alpha value is -2.63. The fraction of sp³-hybridized carbons (Fsp3) is 0.711. The molecule has 0 bridgehead atoms. The minimum Gasteiger partial charge on any atom is -0.478 e. The Labute approximate surface area is 263 Å². The number of allylic oxidation sites excluding steroid dienone is 2. The normalized spacial score (nSPS) is 42.3. The van der Waals surface area contributed by atoms with Gasteiger partial charge in [-0.1, -0.05) is 65.3 Å². The summed E-state index contributed by atoms with van der Waals surface area (Å²) in [6.45, 7) is 14.3. The number of hydrogen-bond acceptors (Lipinski definition) is 5. The Morgan fingerprint density at radius 1 is 0.864 bits per heavy atom.